The zero-order valence-corrected chi connectivity index (χ0v) is 16.8. The van der Waals surface area contributed by atoms with Crippen LogP contribution in [0.1, 0.15) is 5.69 Å². The third-order valence-electron chi connectivity index (χ3n) is 3.59. The molecule has 152 valence electrons. The summed E-state index contributed by atoms with van der Waals surface area (Å²) in [5.74, 6) is -0.487. The van der Waals surface area contributed by atoms with Gasteiger partial charge in [0.1, 0.15) is 5.75 Å². The SMILES string of the molecule is CSc1cccc(NC(=O)Cc2csc(Nc3ccc(OC(F)(F)F)cc3)n2)c1. The van der Waals surface area contributed by atoms with Crippen LogP contribution in [-0.2, 0) is 11.2 Å². The topological polar surface area (TPSA) is 63.2 Å². The minimum absolute atomic E-state index is 0.111. The number of nitrogens with one attached hydrogen (secondary N) is 2. The van der Waals surface area contributed by atoms with Crippen molar-refractivity contribution in [3.63, 3.8) is 0 Å². The van der Waals surface area contributed by atoms with Gasteiger partial charge in [0.05, 0.1) is 12.1 Å². The Bertz CT molecular complexity index is 975. The molecule has 1 amide bonds. The quantitative estimate of drug-likeness (QED) is 0.463. The molecular formula is C19H16F3N3O2S2. The molecule has 0 saturated carbocycles. The molecule has 0 aliphatic rings. The maximum Gasteiger partial charge on any atom is 0.573 e. The number of anilines is 3. The number of hydrogen-bond acceptors (Lipinski definition) is 6. The van der Waals surface area contributed by atoms with E-state index in [1.54, 1.807) is 17.1 Å². The first-order valence-corrected chi connectivity index (χ1v) is 10.4. The summed E-state index contributed by atoms with van der Waals surface area (Å²) in [6.45, 7) is 0. The predicted molar refractivity (Wildman–Crippen MR) is 109 cm³/mol. The number of thioether (sulfide) groups is 1. The fourth-order valence-electron chi connectivity index (χ4n) is 2.38. The highest BCUT2D eigenvalue weighted by atomic mass is 32.2. The molecule has 2 N–H and O–H groups in total. The van der Waals surface area contributed by atoms with E-state index in [-0.39, 0.29) is 18.1 Å². The maximum absolute atomic E-state index is 12.2. The van der Waals surface area contributed by atoms with E-state index >= 15 is 0 Å². The summed E-state index contributed by atoms with van der Waals surface area (Å²) >= 11 is 2.88. The summed E-state index contributed by atoms with van der Waals surface area (Å²) in [6.07, 6.45) is -2.65. The number of nitrogens with zero attached hydrogens (tertiary/aromatic N) is 1. The highest BCUT2D eigenvalue weighted by Crippen LogP contribution is 2.26. The molecule has 0 saturated heterocycles. The van der Waals surface area contributed by atoms with E-state index in [0.29, 0.717) is 16.5 Å². The second kappa shape index (κ2) is 9.19. The zero-order chi connectivity index (χ0) is 20.9. The molecule has 1 heterocycles. The molecule has 3 rings (SSSR count). The van der Waals surface area contributed by atoms with Gasteiger partial charge in [0, 0.05) is 21.7 Å². The summed E-state index contributed by atoms with van der Waals surface area (Å²) in [5, 5.41) is 8.10. The number of carbonyl (C=O) groups is 1. The molecule has 5 nitrogen and oxygen atoms in total. The molecule has 3 aromatic rings. The largest absolute Gasteiger partial charge is 0.573 e. The molecule has 29 heavy (non-hydrogen) atoms. The highest BCUT2D eigenvalue weighted by molar-refractivity contribution is 7.98. The summed E-state index contributed by atoms with van der Waals surface area (Å²) in [5.41, 5.74) is 1.86. The van der Waals surface area contributed by atoms with E-state index in [1.807, 2.05) is 30.5 Å². The van der Waals surface area contributed by atoms with Gasteiger partial charge in [-0.3, -0.25) is 4.79 Å². The predicted octanol–water partition coefficient (Wildman–Crippen LogP) is 5.69. The van der Waals surface area contributed by atoms with Gasteiger partial charge in [0.25, 0.3) is 0 Å². The van der Waals surface area contributed by atoms with Crippen LogP contribution in [0.3, 0.4) is 0 Å². The van der Waals surface area contributed by atoms with Crippen LogP contribution in [0.5, 0.6) is 5.75 Å². The summed E-state index contributed by atoms with van der Waals surface area (Å²) < 4.78 is 40.4. The van der Waals surface area contributed by atoms with Crippen LogP contribution in [0.15, 0.2) is 58.8 Å². The van der Waals surface area contributed by atoms with Crippen molar-refractivity contribution in [1.82, 2.24) is 4.98 Å². The number of aromatic nitrogens is 1. The molecule has 0 unspecified atom stereocenters. The summed E-state index contributed by atoms with van der Waals surface area (Å²) in [6, 6.07) is 12.9. The van der Waals surface area contributed by atoms with Crippen LogP contribution < -0.4 is 15.4 Å². The third-order valence-corrected chi connectivity index (χ3v) is 5.12. The van der Waals surface area contributed by atoms with Gasteiger partial charge < -0.3 is 15.4 Å². The highest BCUT2D eigenvalue weighted by Gasteiger charge is 2.30. The number of hydrogen-bond donors (Lipinski definition) is 2. The fraction of sp³-hybridized carbons (Fsp3) is 0.158. The molecular weight excluding hydrogens is 423 g/mol. The van der Waals surface area contributed by atoms with Gasteiger partial charge in [0.15, 0.2) is 5.13 Å². The van der Waals surface area contributed by atoms with Gasteiger partial charge in [-0.2, -0.15) is 0 Å². The van der Waals surface area contributed by atoms with E-state index in [0.717, 1.165) is 10.6 Å². The Morgan fingerprint density at radius 3 is 2.62 bits per heavy atom. The smallest absolute Gasteiger partial charge is 0.406 e. The van der Waals surface area contributed by atoms with Crippen molar-refractivity contribution in [2.45, 2.75) is 17.7 Å². The monoisotopic (exact) mass is 439 g/mol. The van der Waals surface area contributed by atoms with Crippen LogP contribution in [0.25, 0.3) is 0 Å². The first kappa shape index (κ1) is 21.0. The molecule has 1 aromatic heterocycles. The molecule has 2 aromatic carbocycles. The first-order chi connectivity index (χ1) is 13.8. The van der Waals surface area contributed by atoms with Gasteiger partial charge >= 0.3 is 6.36 Å². The Kier molecular flexibility index (Phi) is 6.65. The van der Waals surface area contributed by atoms with Crippen molar-refractivity contribution >= 4 is 45.5 Å². The number of thiazole rings is 1. The van der Waals surface area contributed by atoms with Gasteiger partial charge in [-0.25, -0.2) is 4.98 Å². The number of carbonyl (C=O) groups excluding carboxylic acids is 1. The molecule has 0 atom stereocenters. The van der Waals surface area contributed by atoms with Gasteiger partial charge in [0.2, 0.25) is 5.91 Å². The lowest BCUT2D eigenvalue weighted by atomic mass is 10.3. The van der Waals surface area contributed by atoms with Crippen molar-refractivity contribution in [2.24, 2.45) is 0 Å². The average Bonchev–Trinajstić information content (AvgIpc) is 3.09. The third kappa shape index (κ3) is 6.68. The van der Waals surface area contributed by atoms with Crippen molar-refractivity contribution in [3.8, 4) is 5.75 Å². The number of benzene rings is 2. The molecule has 0 radical (unpaired) electrons. The minimum Gasteiger partial charge on any atom is -0.406 e. The van der Waals surface area contributed by atoms with Crippen molar-refractivity contribution in [1.29, 1.82) is 0 Å². The van der Waals surface area contributed by atoms with Crippen LogP contribution in [0, 0.1) is 0 Å². The zero-order valence-electron chi connectivity index (χ0n) is 15.1. The van der Waals surface area contributed by atoms with Crippen molar-refractivity contribution < 1.29 is 22.7 Å². The Balaban J connectivity index is 1.55. The average molecular weight is 439 g/mol. The minimum atomic E-state index is -4.73. The van der Waals surface area contributed by atoms with Crippen molar-refractivity contribution in [2.75, 3.05) is 16.9 Å². The lowest BCUT2D eigenvalue weighted by Gasteiger charge is -2.09. The van der Waals surface area contributed by atoms with E-state index in [2.05, 4.69) is 20.4 Å². The summed E-state index contributed by atoms with van der Waals surface area (Å²) in [4.78, 5) is 17.6. The van der Waals surface area contributed by atoms with Crippen molar-refractivity contribution in [3.05, 3.63) is 59.6 Å². The second-order valence-electron chi connectivity index (χ2n) is 5.80. The summed E-state index contributed by atoms with van der Waals surface area (Å²) in [7, 11) is 0. The molecule has 0 spiro atoms. The van der Waals surface area contributed by atoms with Crippen LogP contribution >= 0.6 is 23.1 Å². The molecule has 0 fully saturated rings. The maximum atomic E-state index is 12.2. The number of amides is 1. The molecule has 10 heteroatoms. The second-order valence-corrected chi connectivity index (χ2v) is 7.54. The van der Waals surface area contributed by atoms with Crippen LogP contribution in [0.4, 0.5) is 29.7 Å². The first-order valence-electron chi connectivity index (χ1n) is 8.32. The Morgan fingerprint density at radius 2 is 1.93 bits per heavy atom. The Hall–Kier alpha value is -2.72. The molecule has 0 aliphatic heterocycles. The molecule has 0 bridgehead atoms. The lowest BCUT2D eigenvalue weighted by Crippen LogP contribution is -2.16. The molecule has 0 aliphatic carbocycles. The normalized spacial score (nSPS) is 11.2. The number of alkyl halides is 3. The number of halogens is 3. The van der Waals surface area contributed by atoms with E-state index in [1.165, 1.54) is 35.6 Å². The van der Waals surface area contributed by atoms with E-state index in [4.69, 9.17) is 0 Å². The van der Waals surface area contributed by atoms with Gasteiger partial charge in [-0.1, -0.05) is 6.07 Å². The standard InChI is InChI=1S/C19H16F3N3O2S2/c1-28-16-4-2-3-13(9-16)23-17(26)10-14-11-29-18(25-14)24-12-5-7-15(8-6-12)27-19(20,21)22/h2-9,11H,10H2,1H3,(H,23,26)(H,24,25). The van der Waals surface area contributed by atoms with Crippen LogP contribution in [-0.4, -0.2) is 23.5 Å². The van der Waals surface area contributed by atoms with Crippen LogP contribution in [0.2, 0.25) is 0 Å². The Morgan fingerprint density at radius 1 is 1.17 bits per heavy atom. The number of ether oxygens (including phenoxy) is 1. The fourth-order valence-corrected chi connectivity index (χ4v) is 3.57. The lowest BCUT2D eigenvalue weighted by molar-refractivity contribution is -0.274. The van der Waals surface area contributed by atoms with Gasteiger partial charge in [-0.05, 0) is 48.7 Å². The van der Waals surface area contributed by atoms with E-state index in [9.17, 15) is 18.0 Å². The Labute approximate surface area is 173 Å². The number of rotatable bonds is 7. The van der Waals surface area contributed by atoms with Gasteiger partial charge in [-0.15, -0.1) is 36.3 Å². The van der Waals surface area contributed by atoms with E-state index < -0.39 is 6.36 Å².